The van der Waals surface area contributed by atoms with Crippen LogP contribution in [0.15, 0.2) is 20.0 Å². The number of carbonyl (C=O) groups excluding carboxylic acids is 1. The van der Waals surface area contributed by atoms with E-state index in [1.54, 1.807) is 47.6 Å². The van der Waals surface area contributed by atoms with Gasteiger partial charge in [-0.1, -0.05) is 38.9 Å². The molecule has 0 unspecified atom stereocenters. The van der Waals surface area contributed by atoms with Crippen LogP contribution in [0.25, 0.3) is 0 Å². The van der Waals surface area contributed by atoms with Gasteiger partial charge in [0.1, 0.15) is 27.3 Å². The first-order chi connectivity index (χ1) is 17.4. The van der Waals surface area contributed by atoms with Gasteiger partial charge >= 0.3 is 5.97 Å². The van der Waals surface area contributed by atoms with Crippen molar-refractivity contribution >= 4 is 50.6 Å². The van der Waals surface area contributed by atoms with Gasteiger partial charge in [-0.2, -0.15) is 0 Å². The van der Waals surface area contributed by atoms with Crippen molar-refractivity contribution in [2.45, 2.75) is 109 Å². The Morgan fingerprint density at radius 2 is 1.82 bits per heavy atom. The molecule has 2 heterocycles. The van der Waals surface area contributed by atoms with Crippen molar-refractivity contribution in [3.05, 3.63) is 22.2 Å². The second-order valence-electron chi connectivity index (χ2n) is 11.8. The van der Waals surface area contributed by atoms with Gasteiger partial charge in [-0.3, -0.25) is 9.79 Å². The van der Waals surface area contributed by atoms with Crippen LogP contribution < -0.4 is 5.19 Å². The first-order valence-electron chi connectivity index (χ1n) is 13.4. The van der Waals surface area contributed by atoms with Crippen molar-refractivity contribution in [1.82, 2.24) is 4.98 Å². The molecule has 0 bridgehead atoms. The van der Waals surface area contributed by atoms with E-state index in [1.165, 1.54) is 0 Å². The first-order valence-corrected chi connectivity index (χ1v) is 18.5. The van der Waals surface area contributed by atoms with E-state index in [2.05, 4.69) is 46.0 Å². The van der Waals surface area contributed by atoms with Gasteiger partial charge < -0.3 is 9.84 Å². The van der Waals surface area contributed by atoms with Gasteiger partial charge in [0.2, 0.25) is 0 Å². The lowest BCUT2D eigenvalue weighted by Gasteiger charge is -2.42. The number of pyridine rings is 1. The van der Waals surface area contributed by atoms with E-state index in [4.69, 9.17) is 9.73 Å². The summed E-state index contributed by atoms with van der Waals surface area (Å²) in [6, 6.07) is 4.46. The molecule has 1 aromatic rings. The van der Waals surface area contributed by atoms with Crippen LogP contribution >= 0.6 is 15.9 Å². The maximum absolute atomic E-state index is 16.5. The monoisotopic (exact) mass is 633 g/mol. The molecule has 1 N–H and O–H groups in total. The number of ether oxygens (including phenoxy) is 1. The Morgan fingerprint density at radius 3 is 2.32 bits per heavy atom. The van der Waals surface area contributed by atoms with Gasteiger partial charge in [0.05, 0.1) is 41.3 Å². The summed E-state index contributed by atoms with van der Waals surface area (Å²) in [5, 5.41) is 10.0. The molecule has 7 nitrogen and oxygen atoms in total. The number of aliphatic imine (C=N–C) groups is 1. The molecule has 0 spiro atoms. The predicted octanol–water partition coefficient (Wildman–Crippen LogP) is 5.73. The van der Waals surface area contributed by atoms with Crippen LogP contribution in [0.5, 0.6) is 0 Å². The highest BCUT2D eigenvalue weighted by Gasteiger charge is 2.50. The fourth-order valence-electron chi connectivity index (χ4n) is 5.15. The molecule has 0 saturated heterocycles. The lowest BCUT2D eigenvalue weighted by molar-refractivity contribution is -0.153. The van der Waals surface area contributed by atoms with Crippen LogP contribution in [0, 0.1) is 5.82 Å². The molecule has 11 heteroatoms. The Morgan fingerprint density at radius 1 is 1.24 bits per heavy atom. The highest BCUT2D eigenvalue weighted by atomic mass is 79.9. The minimum atomic E-state index is -3.06. The zero-order valence-corrected chi connectivity index (χ0v) is 27.8. The molecule has 2 atom stereocenters. The van der Waals surface area contributed by atoms with Gasteiger partial charge in [0.25, 0.3) is 0 Å². The van der Waals surface area contributed by atoms with Crippen molar-refractivity contribution in [3.8, 4) is 0 Å². The third-order valence-electron chi connectivity index (χ3n) is 7.74. The number of aromatic nitrogens is 1. The minimum absolute atomic E-state index is 0.0466. The summed E-state index contributed by atoms with van der Waals surface area (Å²) in [6.07, 6.45) is 0.167. The molecule has 0 aliphatic carbocycles. The molecule has 1 aliphatic rings. The van der Waals surface area contributed by atoms with E-state index in [-0.39, 0.29) is 31.0 Å². The zero-order chi connectivity index (χ0) is 29.2. The summed E-state index contributed by atoms with van der Waals surface area (Å²) in [6.45, 7) is 17.0. The number of nitrogens with zero attached hydrogens (tertiary/aromatic N) is 3. The number of hydrogen-bond acceptors (Lipinski definition) is 7. The molecule has 1 aliphatic heterocycles. The highest BCUT2D eigenvalue weighted by molar-refractivity contribution is 9.10. The summed E-state index contributed by atoms with van der Waals surface area (Å²) in [7, 11) is -5.21. The van der Waals surface area contributed by atoms with Crippen molar-refractivity contribution in [2.75, 3.05) is 18.9 Å². The summed E-state index contributed by atoms with van der Waals surface area (Å²) >= 11 is 3.51. The van der Waals surface area contributed by atoms with Crippen molar-refractivity contribution in [3.63, 3.8) is 0 Å². The summed E-state index contributed by atoms with van der Waals surface area (Å²) in [4.78, 5) is 22.4. The minimum Gasteiger partial charge on any atom is -0.460 e. The maximum atomic E-state index is 16.5. The number of esters is 1. The van der Waals surface area contributed by atoms with E-state index >= 15 is 4.39 Å². The first kappa shape index (κ1) is 33.0. The fraction of sp³-hybridized carbons (Fsp3) is 0.741. The van der Waals surface area contributed by atoms with Crippen LogP contribution in [0.1, 0.15) is 80.8 Å². The van der Waals surface area contributed by atoms with Gasteiger partial charge in [-0.05, 0) is 75.1 Å². The van der Waals surface area contributed by atoms with Crippen LogP contribution in [0.3, 0.4) is 0 Å². The second kappa shape index (κ2) is 12.1. The van der Waals surface area contributed by atoms with Gasteiger partial charge in [0, 0.05) is 12.3 Å². The largest absolute Gasteiger partial charge is 0.460 e. The van der Waals surface area contributed by atoms with Crippen LogP contribution in [-0.2, 0) is 24.8 Å². The predicted molar refractivity (Wildman–Crippen MR) is 160 cm³/mol. The summed E-state index contributed by atoms with van der Waals surface area (Å²) in [5.74, 6) is -0.942. The molecule has 0 saturated carbocycles. The van der Waals surface area contributed by atoms with Crippen molar-refractivity contribution < 1.29 is 23.2 Å². The molecule has 1 aromatic heterocycles. The van der Waals surface area contributed by atoms with Gasteiger partial charge in [-0.15, -0.1) is 0 Å². The standard InChI is InChI=1S/C27H45BrFN3O4SSi/c1-10-38(11-2,12-3)19-16-21(28)31-24(23(19)29)27(9)18-37(35,30-14-13-15-33)26(7,8)20(32-27)17-22(34)36-25(4,5)6/h16,33H,10-15,17-18H2,1-9H3/t27-,37-/m0/s1. The maximum Gasteiger partial charge on any atom is 0.312 e. The topological polar surface area (TPSA) is 101 Å². The third-order valence-corrected chi connectivity index (χ3v) is 17.1. The van der Waals surface area contributed by atoms with Crippen molar-refractivity contribution in [2.24, 2.45) is 9.36 Å². The molecule has 0 radical (unpaired) electrons. The molecular formula is C27H45BrFN3O4SSi. The van der Waals surface area contributed by atoms with E-state index in [1.807, 2.05) is 0 Å². The van der Waals surface area contributed by atoms with E-state index in [0.29, 0.717) is 21.9 Å². The second-order valence-corrected chi connectivity index (χ2v) is 20.7. The number of aliphatic hydroxyl groups excluding tert-OH is 1. The molecule has 2 rings (SSSR count). The smallest absolute Gasteiger partial charge is 0.312 e. The molecular weight excluding hydrogens is 589 g/mol. The van der Waals surface area contributed by atoms with E-state index in [0.717, 1.165) is 18.1 Å². The van der Waals surface area contributed by atoms with E-state index in [9.17, 15) is 14.1 Å². The van der Waals surface area contributed by atoms with E-state index < -0.39 is 45.5 Å². The zero-order valence-electron chi connectivity index (χ0n) is 24.4. The highest BCUT2D eigenvalue weighted by Crippen LogP contribution is 2.41. The van der Waals surface area contributed by atoms with Gasteiger partial charge in [0.15, 0.2) is 0 Å². The van der Waals surface area contributed by atoms with Crippen LogP contribution in [0.2, 0.25) is 18.1 Å². The Bertz CT molecular complexity index is 1180. The number of carbonyl (C=O) groups is 1. The average molecular weight is 635 g/mol. The number of halogens is 2. The lowest BCUT2D eigenvalue weighted by atomic mass is 9.95. The molecule has 0 aromatic carbocycles. The quantitative estimate of drug-likeness (QED) is 0.153. The molecule has 38 heavy (non-hydrogen) atoms. The molecule has 216 valence electrons. The number of hydrogen-bond donors (Lipinski definition) is 1. The Balaban J connectivity index is 2.85. The van der Waals surface area contributed by atoms with Crippen LogP contribution in [-0.4, -0.2) is 63.3 Å². The third kappa shape index (κ3) is 6.75. The molecule has 0 amide bonds. The Labute approximate surface area is 237 Å². The van der Waals surface area contributed by atoms with Crippen molar-refractivity contribution in [1.29, 1.82) is 0 Å². The van der Waals surface area contributed by atoms with Crippen LogP contribution in [0.4, 0.5) is 4.39 Å². The number of aliphatic hydroxyl groups is 1. The summed E-state index contributed by atoms with van der Waals surface area (Å²) in [5.41, 5.74) is -1.54. The Kier molecular flexibility index (Phi) is 10.6. The Hall–Kier alpha value is -1.17. The fourth-order valence-corrected chi connectivity index (χ4v) is 12.1. The lowest BCUT2D eigenvalue weighted by Crippen LogP contribution is -2.54. The molecule has 0 fully saturated rings. The SMILES string of the molecule is CC[Si](CC)(CC)c1cc(Br)nc([C@]2(C)C[S@@](=O)(=NCCCO)C(C)(C)C(CC(=O)OC(C)(C)C)=N2)c1F. The normalized spacial score (nSPS) is 23.6. The van der Waals surface area contributed by atoms with Gasteiger partial charge in [-0.25, -0.2) is 17.9 Å². The summed E-state index contributed by atoms with van der Waals surface area (Å²) < 4.78 is 40.7. The average Bonchev–Trinajstić information content (AvgIpc) is 2.80. The number of rotatable bonds is 10.